The molecule has 0 unspecified atom stereocenters. The fourth-order valence-electron chi connectivity index (χ4n) is 1.51. The van der Waals surface area contributed by atoms with Crippen LogP contribution in [0.3, 0.4) is 0 Å². The van der Waals surface area contributed by atoms with E-state index in [-0.39, 0.29) is 5.91 Å². The van der Waals surface area contributed by atoms with E-state index in [0.29, 0.717) is 22.2 Å². The van der Waals surface area contributed by atoms with Gasteiger partial charge in [0.05, 0.1) is 12.7 Å². The summed E-state index contributed by atoms with van der Waals surface area (Å²) in [6, 6.07) is 10.2. The van der Waals surface area contributed by atoms with Gasteiger partial charge in [-0.2, -0.15) is 0 Å². The molecule has 2 aromatic rings. The molecule has 0 radical (unpaired) electrons. The first kappa shape index (κ1) is 12.4. The maximum absolute atomic E-state index is 12.1. The number of nitrogens with one attached hydrogen (secondary N) is 1. The van der Waals surface area contributed by atoms with E-state index < -0.39 is 0 Å². The van der Waals surface area contributed by atoms with Gasteiger partial charge in [-0.25, -0.2) is 4.98 Å². The monoisotopic (exact) mass is 262 g/mol. The number of carbonyl (C=O) groups excluding carboxylic acids is 1. The predicted molar refractivity (Wildman–Crippen MR) is 70.2 cm³/mol. The quantitative estimate of drug-likeness (QED) is 0.865. The molecule has 0 spiro atoms. The van der Waals surface area contributed by atoms with E-state index in [4.69, 9.17) is 16.3 Å². The summed E-state index contributed by atoms with van der Waals surface area (Å²) in [7, 11) is 1.52. The molecule has 2 rings (SSSR count). The predicted octanol–water partition coefficient (Wildman–Crippen LogP) is 3.00. The normalized spacial score (nSPS) is 9.89. The number of carbonyl (C=O) groups is 1. The number of anilines is 1. The third kappa shape index (κ3) is 2.78. The largest absolute Gasteiger partial charge is 0.496 e. The van der Waals surface area contributed by atoms with E-state index in [0.717, 1.165) is 0 Å². The lowest BCUT2D eigenvalue weighted by Crippen LogP contribution is -2.13. The summed E-state index contributed by atoms with van der Waals surface area (Å²) < 4.78 is 5.13. The molecule has 0 aliphatic heterocycles. The van der Waals surface area contributed by atoms with Crippen LogP contribution in [0.1, 0.15) is 10.4 Å². The molecule has 0 atom stereocenters. The zero-order valence-corrected chi connectivity index (χ0v) is 10.4. The van der Waals surface area contributed by atoms with Gasteiger partial charge in [-0.1, -0.05) is 23.7 Å². The summed E-state index contributed by atoms with van der Waals surface area (Å²) in [4.78, 5) is 15.9. The van der Waals surface area contributed by atoms with Crippen molar-refractivity contribution in [2.75, 3.05) is 12.4 Å². The maximum atomic E-state index is 12.1. The lowest BCUT2D eigenvalue weighted by atomic mass is 10.2. The van der Waals surface area contributed by atoms with Crippen LogP contribution < -0.4 is 10.1 Å². The van der Waals surface area contributed by atoms with Crippen LogP contribution in [0.25, 0.3) is 0 Å². The van der Waals surface area contributed by atoms with Crippen molar-refractivity contribution in [1.82, 2.24) is 4.98 Å². The summed E-state index contributed by atoms with van der Waals surface area (Å²) in [5.41, 5.74) is 1.05. The van der Waals surface area contributed by atoms with E-state index >= 15 is 0 Å². The van der Waals surface area contributed by atoms with Crippen LogP contribution in [0.2, 0.25) is 5.15 Å². The first-order chi connectivity index (χ1) is 8.70. The molecule has 0 aliphatic carbocycles. The Kier molecular flexibility index (Phi) is 3.79. The van der Waals surface area contributed by atoms with E-state index in [1.54, 1.807) is 36.4 Å². The number of hydrogen-bond acceptors (Lipinski definition) is 3. The standard InChI is InChI=1S/C13H11ClN2O2/c1-18-11-5-3-2-4-10(11)13(17)16-9-6-7-15-12(14)8-9/h2-8H,1H3,(H,15,16,17). The Labute approximate surface area is 110 Å². The minimum absolute atomic E-state index is 0.255. The Morgan fingerprint density at radius 2 is 2.11 bits per heavy atom. The van der Waals surface area contributed by atoms with Gasteiger partial charge in [-0.3, -0.25) is 4.79 Å². The number of hydrogen-bond donors (Lipinski definition) is 1. The van der Waals surface area contributed by atoms with Gasteiger partial charge in [0.1, 0.15) is 10.9 Å². The van der Waals surface area contributed by atoms with E-state index in [9.17, 15) is 4.79 Å². The summed E-state index contributed by atoms with van der Waals surface area (Å²) >= 11 is 5.75. The number of benzene rings is 1. The highest BCUT2D eigenvalue weighted by Crippen LogP contribution is 2.19. The number of amides is 1. The number of aromatic nitrogens is 1. The zero-order chi connectivity index (χ0) is 13.0. The van der Waals surface area contributed by atoms with Gasteiger partial charge in [-0.15, -0.1) is 0 Å². The van der Waals surface area contributed by atoms with Gasteiger partial charge in [0.2, 0.25) is 0 Å². The highest BCUT2D eigenvalue weighted by molar-refractivity contribution is 6.29. The first-order valence-corrected chi connectivity index (χ1v) is 5.64. The number of methoxy groups -OCH3 is 1. The van der Waals surface area contributed by atoms with Crippen LogP contribution in [0.4, 0.5) is 5.69 Å². The molecule has 0 aliphatic rings. The van der Waals surface area contributed by atoms with Crippen LogP contribution in [0.15, 0.2) is 42.6 Å². The fourth-order valence-corrected chi connectivity index (χ4v) is 1.68. The van der Waals surface area contributed by atoms with Crippen LogP contribution in [-0.4, -0.2) is 18.0 Å². The van der Waals surface area contributed by atoms with Gasteiger partial charge < -0.3 is 10.1 Å². The Hall–Kier alpha value is -2.07. The van der Waals surface area contributed by atoms with Gasteiger partial charge in [0, 0.05) is 11.9 Å². The lowest BCUT2D eigenvalue weighted by Gasteiger charge is -2.08. The molecule has 18 heavy (non-hydrogen) atoms. The van der Waals surface area contributed by atoms with Crippen molar-refractivity contribution in [3.05, 3.63) is 53.3 Å². The SMILES string of the molecule is COc1ccccc1C(=O)Nc1ccnc(Cl)c1. The molecular weight excluding hydrogens is 252 g/mol. The number of halogens is 1. The summed E-state index contributed by atoms with van der Waals surface area (Å²) in [6.45, 7) is 0. The summed E-state index contributed by atoms with van der Waals surface area (Å²) in [5, 5.41) is 3.06. The average molecular weight is 263 g/mol. The molecule has 0 saturated carbocycles. The van der Waals surface area contributed by atoms with Crippen LogP contribution in [-0.2, 0) is 0 Å². The molecule has 1 aromatic carbocycles. The molecule has 1 amide bonds. The van der Waals surface area contributed by atoms with E-state index in [2.05, 4.69) is 10.3 Å². The van der Waals surface area contributed by atoms with Crippen LogP contribution >= 0.6 is 11.6 Å². The molecule has 1 heterocycles. The molecule has 0 bridgehead atoms. The van der Waals surface area contributed by atoms with Crippen LogP contribution in [0, 0.1) is 0 Å². The Morgan fingerprint density at radius 3 is 2.83 bits per heavy atom. The molecule has 4 nitrogen and oxygen atoms in total. The van der Waals surface area contributed by atoms with Crippen molar-refractivity contribution in [2.24, 2.45) is 0 Å². The third-order valence-electron chi connectivity index (χ3n) is 2.34. The van der Waals surface area contributed by atoms with E-state index in [1.807, 2.05) is 0 Å². The fraction of sp³-hybridized carbons (Fsp3) is 0.0769. The second kappa shape index (κ2) is 5.51. The second-order valence-corrected chi connectivity index (χ2v) is 3.91. The molecule has 1 N–H and O–H groups in total. The highest BCUT2D eigenvalue weighted by Gasteiger charge is 2.11. The third-order valence-corrected chi connectivity index (χ3v) is 2.54. The zero-order valence-electron chi connectivity index (χ0n) is 9.68. The molecular formula is C13H11ClN2O2. The number of nitrogens with zero attached hydrogens (tertiary/aromatic N) is 1. The molecule has 1 aromatic heterocycles. The molecule has 0 fully saturated rings. The Morgan fingerprint density at radius 1 is 1.33 bits per heavy atom. The smallest absolute Gasteiger partial charge is 0.259 e. The van der Waals surface area contributed by atoms with Crippen molar-refractivity contribution in [3.63, 3.8) is 0 Å². The number of pyridine rings is 1. The molecule has 92 valence electrons. The number of rotatable bonds is 3. The summed E-state index contributed by atoms with van der Waals surface area (Å²) in [5.74, 6) is 0.268. The van der Waals surface area contributed by atoms with Gasteiger partial charge in [0.25, 0.3) is 5.91 Å². The summed E-state index contributed by atoms with van der Waals surface area (Å²) in [6.07, 6.45) is 1.53. The highest BCUT2D eigenvalue weighted by atomic mass is 35.5. The van der Waals surface area contributed by atoms with Gasteiger partial charge >= 0.3 is 0 Å². The van der Waals surface area contributed by atoms with Crippen molar-refractivity contribution in [2.45, 2.75) is 0 Å². The Balaban J connectivity index is 2.22. The van der Waals surface area contributed by atoms with Gasteiger partial charge in [-0.05, 0) is 24.3 Å². The second-order valence-electron chi connectivity index (χ2n) is 3.52. The average Bonchev–Trinajstić information content (AvgIpc) is 2.38. The number of para-hydroxylation sites is 1. The van der Waals surface area contributed by atoms with Crippen LogP contribution in [0.5, 0.6) is 5.75 Å². The van der Waals surface area contributed by atoms with Crippen molar-refractivity contribution in [3.8, 4) is 5.75 Å². The van der Waals surface area contributed by atoms with Gasteiger partial charge in [0.15, 0.2) is 0 Å². The Bertz CT molecular complexity index is 572. The number of ether oxygens (including phenoxy) is 1. The lowest BCUT2D eigenvalue weighted by molar-refractivity contribution is 0.102. The van der Waals surface area contributed by atoms with Crippen molar-refractivity contribution in [1.29, 1.82) is 0 Å². The maximum Gasteiger partial charge on any atom is 0.259 e. The van der Waals surface area contributed by atoms with Crippen molar-refractivity contribution >= 4 is 23.2 Å². The van der Waals surface area contributed by atoms with E-state index in [1.165, 1.54) is 13.3 Å². The minimum Gasteiger partial charge on any atom is -0.496 e. The molecule has 0 saturated heterocycles. The van der Waals surface area contributed by atoms with Crippen molar-refractivity contribution < 1.29 is 9.53 Å². The first-order valence-electron chi connectivity index (χ1n) is 5.26. The molecule has 5 heteroatoms. The topological polar surface area (TPSA) is 51.2 Å². The minimum atomic E-state index is -0.255.